The van der Waals surface area contributed by atoms with Gasteiger partial charge in [0.05, 0.1) is 0 Å². The average Bonchev–Trinajstić information content (AvgIpc) is 2.68. The van der Waals surface area contributed by atoms with Crippen molar-refractivity contribution in [2.75, 3.05) is 6.54 Å². The first-order valence-corrected chi connectivity index (χ1v) is 6.45. The Hall–Kier alpha value is -0.820. The number of benzene rings is 1. The van der Waals surface area contributed by atoms with Crippen molar-refractivity contribution in [2.24, 2.45) is 5.41 Å². The molecule has 1 N–H and O–H groups in total. The van der Waals surface area contributed by atoms with Crippen molar-refractivity contribution in [3.8, 4) is 0 Å². The molecule has 88 valence electrons. The molecule has 1 fully saturated rings. The molecule has 1 nitrogen and oxygen atoms in total. The zero-order chi connectivity index (χ0) is 11.4. The van der Waals surface area contributed by atoms with Crippen molar-refractivity contribution in [2.45, 2.75) is 46.1 Å². The topological polar surface area (TPSA) is 12.0 Å². The largest absolute Gasteiger partial charge is 0.312 e. The van der Waals surface area contributed by atoms with Crippen molar-refractivity contribution < 1.29 is 0 Å². The molecule has 0 unspecified atom stereocenters. The first kappa shape index (κ1) is 11.7. The monoisotopic (exact) mass is 217 g/mol. The molecular formula is C15H23N. The Bertz CT molecular complexity index is 337. The van der Waals surface area contributed by atoms with Crippen molar-refractivity contribution in [1.29, 1.82) is 0 Å². The van der Waals surface area contributed by atoms with E-state index in [0.717, 1.165) is 6.54 Å². The molecule has 1 aliphatic carbocycles. The minimum atomic E-state index is 0.558. The van der Waals surface area contributed by atoms with E-state index in [-0.39, 0.29) is 0 Å². The molecule has 0 aliphatic heterocycles. The molecule has 0 amide bonds. The fraction of sp³-hybridized carbons (Fsp3) is 0.600. The second kappa shape index (κ2) is 5.01. The van der Waals surface area contributed by atoms with Gasteiger partial charge in [-0.05, 0) is 36.3 Å². The predicted octanol–water partition coefficient (Wildman–Crippen LogP) is 3.66. The van der Waals surface area contributed by atoms with Crippen LogP contribution in [0.2, 0.25) is 0 Å². The van der Waals surface area contributed by atoms with Crippen LogP contribution in [0.1, 0.15) is 43.7 Å². The lowest BCUT2D eigenvalue weighted by atomic mass is 9.89. The van der Waals surface area contributed by atoms with Gasteiger partial charge in [-0.3, -0.25) is 0 Å². The SMILES string of the molecule is Cc1ccccc1CNCC1(C)CCCC1. The maximum atomic E-state index is 3.62. The maximum absolute atomic E-state index is 3.62. The average molecular weight is 217 g/mol. The quantitative estimate of drug-likeness (QED) is 0.811. The van der Waals surface area contributed by atoms with Gasteiger partial charge in [0.25, 0.3) is 0 Å². The molecule has 0 radical (unpaired) electrons. The van der Waals surface area contributed by atoms with Gasteiger partial charge in [-0.1, -0.05) is 44.0 Å². The van der Waals surface area contributed by atoms with Gasteiger partial charge in [0.1, 0.15) is 0 Å². The smallest absolute Gasteiger partial charge is 0.0208 e. The van der Waals surface area contributed by atoms with Crippen molar-refractivity contribution in [3.63, 3.8) is 0 Å². The summed E-state index contributed by atoms with van der Waals surface area (Å²) in [7, 11) is 0. The van der Waals surface area contributed by atoms with Crippen LogP contribution in [0.15, 0.2) is 24.3 Å². The summed E-state index contributed by atoms with van der Waals surface area (Å²) in [5.41, 5.74) is 3.39. The first-order valence-electron chi connectivity index (χ1n) is 6.45. The molecule has 0 aromatic heterocycles. The van der Waals surface area contributed by atoms with Gasteiger partial charge in [-0.25, -0.2) is 0 Å². The zero-order valence-electron chi connectivity index (χ0n) is 10.6. The van der Waals surface area contributed by atoms with E-state index in [9.17, 15) is 0 Å². The molecule has 0 atom stereocenters. The van der Waals surface area contributed by atoms with Gasteiger partial charge < -0.3 is 5.32 Å². The van der Waals surface area contributed by atoms with Gasteiger partial charge in [0.2, 0.25) is 0 Å². The van der Waals surface area contributed by atoms with E-state index in [2.05, 4.69) is 43.4 Å². The van der Waals surface area contributed by atoms with Gasteiger partial charge in [-0.15, -0.1) is 0 Å². The van der Waals surface area contributed by atoms with Gasteiger partial charge >= 0.3 is 0 Å². The van der Waals surface area contributed by atoms with Crippen LogP contribution in [0, 0.1) is 12.3 Å². The Kier molecular flexibility index (Phi) is 3.65. The van der Waals surface area contributed by atoms with Crippen molar-refractivity contribution in [1.82, 2.24) is 5.32 Å². The van der Waals surface area contributed by atoms with Gasteiger partial charge in [0, 0.05) is 13.1 Å². The highest BCUT2D eigenvalue weighted by atomic mass is 14.9. The molecule has 0 saturated heterocycles. The molecule has 16 heavy (non-hydrogen) atoms. The minimum Gasteiger partial charge on any atom is -0.312 e. The number of hydrogen-bond donors (Lipinski definition) is 1. The second-order valence-corrected chi connectivity index (χ2v) is 5.55. The highest BCUT2D eigenvalue weighted by Gasteiger charge is 2.27. The van der Waals surface area contributed by atoms with Crippen LogP contribution >= 0.6 is 0 Å². The summed E-state index contributed by atoms with van der Waals surface area (Å²) in [5, 5.41) is 3.62. The van der Waals surface area contributed by atoms with E-state index < -0.39 is 0 Å². The summed E-state index contributed by atoms with van der Waals surface area (Å²) in [6, 6.07) is 8.64. The second-order valence-electron chi connectivity index (χ2n) is 5.55. The van der Waals surface area contributed by atoms with Crippen LogP contribution < -0.4 is 5.32 Å². The predicted molar refractivity (Wildman–Crippen MR) is 69.5 cm³/mol. The molecular weight excluding hydrogens is 194 g/mol. The molecule has 1 aliphatic rings. The lowest BCUT2D eigenvalue weighted by Crippen LogP contribution is -2.29. The van der Waals surface area contributed by atoms with E-state index in [0.29, 0.717) is 5.41 Å². The summed E-state index contributed by atoms with van der Waals surface area (Å²) >= 11 is 0. The summed E-state index contributed by atoms with van der Waals surface area (Å²) in [5.74, 6) is 0. The van der Waals surface area contributed by atoms with E-state index in [1.165, 1.54) is 43.4 Å². The van der Waals surface area contributed by atoms with Crippen molar-refractivity contribution in [3.05, 3.63) is 35.4 Å². The molecule has 1 saturated carbocycles. The Morgan fingerprint density at radius 2 is 1.88 bits per heavy atom. The van der Waals surface area contributed by atoms with Crippen molar-refractivity contribution >= 4 is 0 Å². The van der Waals surface area contributed by atoms with E-state index in [1.54, 1.807) is 0 Å². The Morgan fingerprint density at radius 3 is 2.56 bits per heavy atom. The van der Waals surface area contributed by atoms with Crippen LogP contribution in [0.25, 0.3) is 0 Å². The summed E-state index contributed by atoms with van der Waals surface area (Å²) < 4.78 is 0. The molecule has 0 bridgehead atoms. The van der Waals surface area contributed by atoms with Crippen LogP contribution in [0.4, 0.5) is 0 Å². The van der Waals surface area contributed by atoms with Gasteiger partial charge in [-0.2, -0.15) is 0 Å². The number of aryl methyl sites for hydroxylation is 1. The third-order valence-electron chi connectivity index (χ3n) is 3.94. The Balaban J connectivity index is 1.82. The summed E-state index contributed by atoms with van der Waals surface area (Å²) in [6.07, 6.45) is 5.63. The van der Waals surface area contributed by atoms with E-state index in [4.69, 9.17) is 0 Å². The first-order chi connectivity index (χ1) is 7.70. The summed E-state index contributed by atoms with van der Waals surface area (Å²) in [4.78, 5) is 0. The van der Waals surface area contributed by atoms with Crippen LogP contribution in [-0.2, 0) is 6.54 Å². The molecule has 0 heterocycles. The van der Waals surface area contributed by atoms with Crippen LogP contribution in [-0.4, -0.2) is 6.54 Å². The summed E-state index contributed by atoms with van der Waals surface area (Å²) in [6.45, 7) is 6.79. The highest BCUT2D eigenvalue weighted by Crippen LogP contribution is 2.36. The molecule has 1 heteroatoms. The van der Waals surface area contributed by atoms with E-state index in [1.807, 2.05) is 0 Å². The highest BCUT2D eigenvalue weighted by molar-refractivity contribution is 5.25. The third kappa shape index (κ3) is 2.85. The number of nitrogens with one attached hydrogen (secondary N) is 1. The normalized spacial score (nSPS) is 18.9. The molecule has 1 aromatic carbocycles. The number of rotatable bonds is 4. The standard InChI is InChI=1S/C15H23N/c1-13-7-3-4-8-14(13)11-16-12-15(2)9-5-6-10-15/h3-4,7-8,16H,5-6,9-12H2,1-2H3. The third-order valence-corrected chi connectivity index (χ3v) is 3.94. The Labute approximate surface area is 99.3 Å². The van der Waals surface area contributed by atoms with Gasteiger partial charge in [0.15, 0.2) is 0 Å². The lowest BCUT2D eigenvalue weighted by molar-refractivity contribution is 0.314. The lowest BCUT2D eigenvalue weighted by Gasteiger charge is -2.24. The maximum Gasteiger partial charge on any atom is 0.0208 e. The molecule has 1 aromatic rings. The zero-order valence-corrected chi connectivity index (χ0v) is 10.6. The van der Waals surface area contributed by atoms with E-state index >= 15 is 0 Å². The Morgan fingerprint density at radius 1 is 1.19 bits per heavy atom. The molecule has 2 rings (SSSR count). The van der Waals surface area contributed by atoms with Crippen LogP contribution in [0.3, 0.4) is 0 Å². The molecule has 0 spiro atoms. The number of hydrogen-bond acceptors (Lipinski definition) is 1. The fourth-order valence-electron chi connectivity index (χ4n) is 2.71. The van der Waals surface area contributed by atoms with Crippen LogP contribution in [0.5, 0.6) is 0 Å². The minimum absolute atomic E-state index is 0.558. The fourth-order valence-corrected chi connectivity index (χ4v) is 2.71.